The first-order chi connectivity index (χ1) is 16.7. The van der Waals surface area contributed by atoms with Gasteiger partial charge in [-0.3, -0.25) is 9.59 Å². The van der Waals surface area contributed by atoms with E-state index in [2.05, 4.69) is 10.6 Å². The maximum atomic E-state index is 13.8. The van der Waals surface area contributed by atoms with Crippen LogP contribution >= 0.6 is 0 Å². The number of carbonyl (C=O) groups is 3. The van der Waals surface area contributed by atoms with Crippen molar-refractivity contribution in [3.8, 4) is 0 Å². The molecule has 36 heavy (non-hydrogen) atoms. The van der Waals surface area contributed by atoms with Crippen LogP contribution in [0.5, 0.6) is 0 Å². The summed E-state index contributed by atoms with van der Waals surface area (Å²) < 4.78 is 5.40. The van der Waals surface area contributed by atoms with Gasteiger partial charge in [-0.2, -0.15) is 0 Å². The molecule has 2 aromatic rings. The van der Waals surface area contributed by atoms with Crippen LogP contribution in [0, 0.1) is 26.7 Å². The van der Waals surface area contributed by atoms with Gasteiger partial charge in [-0.15, -0.1) is 0 Å². The van der Waals surface area contributed by atoms with Gasteiger partial charge in [0, 0.05) is 12.7 Å². The minimum Gasteiger partial charge on any atom is -0.444 e. The molecule has 0 saturated carbocycles. The van der Waals surface area contributed by atoms with Gasteiger partial charge in [-0.05, 0) is 64.2 Å². The lowest BCUT2D eigenvalue weighted by Gasteiger charge is -2.33. The second-order valence-corrected chi connectivity index (χ2v) is 10.5. The van der Waals surface area contributed by atoms with Crippen molar-refractivity contribution in [3.63, 3.8) is 0 Å². The molecule has 0 aromatic heterocycles. The highest BCUT2D eigenvalue weighted by Crippen LogP contribution is 2.27. The summed E-state index contributed by atoms with van der Waals surface area (Å²) in [6.07, 6.45) is -0.00876. The second-order valence-electron chi connectivity index (χ2n) is 10.5. The van der Waals surface area contributed by atoms with E-state index in [1.807, 2.05) is 77.1 Å². The van der Waals surface area contributed by atoms with Crippen LogP contribution in [0.3, 0.4) is 0 Å². The molecule has 2 N–H and O–H groups in total. The molecule has 0 aliphatic heterocycles. The highest BCUT2D eigenvalue weighted by Gasteiger charge is 2.36. The summed E-state index contributed by atoms with van der Waals surface area (Å²) in [6, 6.07) is 11.6. The minimum atomic E-state index is -0.899. The first-order valence-corrected chi connectivity index (χ1v) is 12.4. The molecule has 0 fully saturated rings. The Hall–Kier alpha value is -3.35. The number of para-hydroxylation sites is 1. The second kappa shape index (κ2) is 12.1. The number of anilines is 1. The largest absolute Gasteiger partial charge is 0.444 e. The fourth-order valence-electron chi connectivity index (χ4n) is 3.97. The lowest BCUT2D eigenvalue weighted by atomic mass is 9.96. The average molecular weight is 496 g/mol. The molecular weight excluding hydrogens is 454 g/mol. The van der Waals surface area contributed by atoms with Gasteiger partial charge >= 0.3 is 6.09 Å². The monoisotopic (exact) mass is 495 g/mol. The number of alkyl carbamates (subject to hydrolysis) is 1. The van der Waals surface area contributed by atoms with Crippen LogP contribution in [-0.2, 0) is 14.3 Å². The average Bonchev–Trinajstić information content (AvgIpc) is 2.79. The molecule has 7 heteroatoms. The number of nitrogens with zero attached hydrogens (tertiary/aromatic N) is 1. The zero-order chi connectivity index (χ0) is 27.2. The Labute approximate surface area is 215 Å². The highest BCUT2D eigenvalue weighted by atomic mass is 16.6. The first-order valence-electron chi connectivity index (χ1n) is 12.4. The lowest BCUT2D eigenvalue weighted by molar-refractivity contribution is -0.140. The predicted octanol–water partition coefficient (Wildman–Crippen LogP) is 5.69. The highest BCUT2D eigenvalue weighted by molar-refractivity contribution is 5.99. The van der Waals surface area contributed by atoms with Crippen LogP contribution in [0.25, 0.3) is 0 Å². The Morgan fingerprint density at radius 1 is 0.972 bits per heavy atom. The number of amides is 3. The van der Waals surface area contributed by atoms with Crippen molar-refractivity contribution in [1.29, 1.82) is 0 Å². The summed E-state index contributed by atoms with van der Waals surface area (Å²) in [7, 11) is 1.60. The van der Waals surface area contributed by atoms with E-state index in [1.165, 1.54) is 4.90 Å². The van der Waals surface area contributed by atoms with E-state index in [0.717, 1.165) is 22.4 Å². The molecule has 196 valence electrons. The molecule has 2 rings (SSSR count). The Morgan fingerprint density at radius 2 is 1.53 bits per heavy atom. The molecule has 7 nitrogen and oxygen atoms in total. The topological polar surface area (TPSA) is 87.7 Å². The third-order valence-electron chi connectivity index (χ3n) is 6.26. The number of hydrogen-bond acceptors (Lipinski definition) is 4. The van der Waals surface area contributed by atoms with E-state index in [9.17, 15) is 14.4 Å². The SMILES string of the molecule is CCC(C)C(NC(=O)OC(C)(C)C)C(=O)N(C)C(C(=O)Nc1c(C)cccc1C)c1ccc(C)cc1. The van der Waals surface area contributed by atoms with Crippen LogP contribution in [0.4, 0.5) is 10.5 Å². The summed E-state index contributed by atoms with van der Waals surface area (Å²) in [6.45, 7) is 15.0. The van der Waals surface area contributed by atoms with E-state index < -0.39 is 23.8 Å². The molecule has 0 saturated heterocycles. The molecule has 0 bridgehead atoms. The fourth-order valence-corrected chi connectivity index (χ4v) is 3.97. The number of nitrogens with one attached hydrogen (secondary N) is 2. The standard InChI is InChI=1S/C29H41N3O4/c1-10-19(3)24(31-28(35)36-29(6,7)8)27(34)32(9)25(22-16-14-18(2)15-17-22)26(33)30-23-20(4)12-11-13-21(23)5/h11-17,19,24-25H,10H2,1-9H3,(H,30,33)(H,31,35). The summed E-state index contributed by atoms with van der Waals surface area (Å²) in [4.78, 5) is 41.5. The maximum absolute atomic E-state index is 13.8. The fraction of sp³-hybridized carbons (Fsp3) is 0.483. The van der Waals surface area contributed by atoms with Crippen molar-refractivity contribution < 1.29 is 19.1 Å². The summed E-state index contributed by atoms with van der Waals surface area (Å²) in [5.74, 6) is -0.863. The van der Waals surface area contributed by atoms with E-state index in [-0.39, 0.29) is 17.7 Å². The lowest BCUT2D eigenvalue weighted by Crippen LogP contribution is -2.53. The van der Waals surface area contributed by atoms with E-state index in [1.54, 1.807) is 27.8 Å². The van der Waals surface area contributed by atoms with Crippen LogP contribution < -0.4 is 10.6 Å². The number of ether oxygens (including phenoxy) is 1. The Kier molecular flexibility index (Phi) is 9.68. The number of likely N-dealkylation sites (N-methyl/N-ethyl adjacent to an activating group) is 1. The van der Waals surface area contributed by atoms with Gasteiger partial charge in [0.05, 0.1) is 0 Å². The van der Waals surface area contributed by atoms with Crippen LogP contribution in [-0.4, -0.2) is 41.5 Å². The first kappa shape index (κ1) is 28.9. The molecule has 2 aromatic carbocycles. The number of carbonyl (C=O) groups excluding carboxylic acids is 3. The number of hydrogen-bond donors (Lipinski definition) is 2. The molecule has 0 heterocycles. The Morgan fingerprint density at radius 3 is 2.03 bits per heavy atom. The molecule has 0 spiro atoms. The van der Waals surface area contributed by atoms with Gasteiger partial charge in [0.25, 0.3) is 5.91 Å². The molecule has 0 aliphatic carbocycles. The summed E-state index contributed by atoms with van der Waals surface area (Å²) >= 11 is 0. The van der Waals surface area contributed by atoms with Gasteiger partial charge < -0.3 is 20.3 Å². The number of aryl methyl sites for hydroxylation is 3. The third kappa shape index (κ3) is 7.57. The summed E-state index contributed by atoms with van der Waals surface area (Å²) in [5.41, 5.74) is 3.62. The smallest absolute Gasteiger partial charge is 0.408 e. The zero-order valence-corrected chi connectivity index (χ0v) is 23.1. The molecular formula is C29H41N3O4. The van der Waals surface area contributed by atoms with E-state index >= 15 is 0 Å². The van der Waals surface area contributed by atoms with Gasteiger partial charge in [0.15, 0.2) is 0 Å². The normalized spacial score (nSPS) is 13.8. The van der Waals surface area contributed by atoms with Crippen molar-refractivity contribution >= 4 is 23.6 Å². The molecule has 3 atom stereocenters. The molecule has 0 aliphatic rings. The maximum Gasteiger partial charge on any atom is 0.408 e. The number of rotatable bonds is 8. The van der Waals surface area contributed by atoms with Crippen molar-refractivity contribution in [1.82, 2.24) is 10.2 Å². The minimum absolute atomic E-state index is 0.173. The van der Waals surface area contributed by atoms with Crippen molar-refractivity contribution in [3.05, 3.63) is 64.7 Å². The third-order valence-corrected chi connectivity index (χ3v) is 6.26. The van der Waals surface area contributed by atoms with Gasteiger partial charge in [0.2, 0.25) is 5.91 Å². The van der Waals surface area contributed by atoms with E-state index in [0.29, 0.717) is 12.0 Å². The number of benzene rings is 2. The van der Waals surface area contributed by atoms with E-state index in [4.69, 9.17) is 4.74 Å². The summed E-state index contributed by atoms with van der Waals surface area (Å²) in [5, 5.41) is 5.78. The van der Waals surface area contributed by atoms with Crippen LogP contribution in [0.1, 0.15) is 69.3 Å². The Bertz CT molecular complexity index is 1050. The zero-order valence-electron chi connectivity index (χ0n) is 23.1. The van der Waals surface area contributed by atoms with Gasteiger partial charge in [-0.25, -0.2) is 4.79 Å². The predicted molar refractivity (Wildman–Crippen MR) is 144 cm³/mol. The molecule has 0 radical (unpaired) electrons. The molecule has 3 amide bonds. The van der Waals surface area contributed by atoms with Gasteiger partial charge in [-0.1, -0.05) is 68.3 Å². The Balaban J connectivity index is 2.43. The van der Waals surface area contributed by atoms with Crippen LogP contribution in [0.15, 0.2) is 42.5 Å². The molecule has 3 unspecified atom stereocenters. The van der Waals surface area contributed by atoms with Crippen molar-refractivity contribution in [2.45, 2.75) is 79.5 Å². The quantitative estimate of drug-likeness (QED) is 0.492. The van der Waals surface area contributed by atoms with Crippen LogP contribution in [0.2, 0.25) is 0 Å². The van der Waals surface area contributed by atoms with Crippen molar-refractivity contribution in [2.75, 3.05) is 12.4 Å². The van der Waals surface area contributed by atoms with Crippen molar-refractivity contribution in [2.24, 2.45) is 5.92 Å². The van der Waals surface area contributed by atoms with Gasteiger partial charge in [0.1, 0.15) is 17.7 Å².